The SMILES string of the molecule is CN=C(NCc1cc(Br)ccc1F)NCC1(C(=O)N(C)C)CCCC1.I. The van der Waals surface area contributed by atoms with Crippen molar-refractivity contribution in [1.82, 2.24) is 15.5 Å². The summed E-state index contributed by atoms with van der Waals surface area (Å²) in [5.41, 5.74) is 0.180. The monoisotopic (exact) mass is 540 g/mol. The van der Waals surface area contributed by atoms with E-state index < -0.39 is 0 Å². The van der Waals surface area contributed by atoms with Gasteiger partial charge in [-0.3, -0.25) is 9.79 Å². The Hall–Kier alpha value is -0.900. The number of carbonyl (C=O) groups excluding carboxylic acids is 1. The van der Waals surface area contributed by atoms with Crippen molar-refractivity contribution in [3.05, 3.63) is 34.1 Å². The van der Waals surface area contributed by atoms with Crippen LogP contribution >= 0.6 is 39.9 Å². The molecule has 0 aromatic heterocycles. The molecule has 0 unspecified atom stereocenters. The first kappa shape index (κ1) is 23.1. The minimum atomic E-state index is -0.373. The number of hydrogen-bond acceptors (Lipinski definition) is 2. The van der Waals surface area contributed by atoms with Gasteiger partial charge in [-0.1, -0.05) is 28.8 Å². The van der Waals surface area contributed by atoms with Gasteiger partial charge >= 0.3 is 0 Å². The zero-order chi connectivity index (χ0) is 18.4. The van der Waals surface area contributed by atoms with E-state index in [1.807, 2.05) is 0 Å². The molecule has 1 fully saturated rings. The fraction of sp³-hybridized carbons (Fsp3) is 0.556. The summed E-state index contributed by atoms with van der Waals surface area (Å²) in [5, 5.41) is 6.37. The van der Waals surface area contributed by atoms with Crippen LogP contribution in [0.15, 0.2) is 27.7 Å². The van der Waals surface area contributed by atoms with Gasteiger partial charge < -0.3 is 15.5 Å². The molecule has 1 aromatic carbocycles. The Morgan fingerprint density at radius 3 is 2.54 bits per heavy atom. The normalized spacial score (nSPS) is 16.0. The molecule has 1 aliphatic carbocycles. The summed E-state index contributed by atoms with van der Waals surface area (Å²) in [7, 11) is 5.26. The second-order valence-corrected chi connectivity index (χ2v) is 7.62. The predicted molar refractivity (Wildman–Crippen MR) is 117 cm³/mol. The number of benzene rings is 1. The summed E-state index contributed by atoms with van der Waals surface area (Å²) < 4.78 is 14.7. The van der Waals surface area contributed by atoms with Crippen LogP contribution in [-0.2, 0) is 11.3 Å². The Bertz CT molecular complexity index is 648. The van der Waals surface area contributed by atoms with Crippen LogP contribution < -0.4 is 10.6 Å². The Labute approximate surface area is 180 Å². The molecule has 0 aliphatic heterocycles. The Morgan fingerprint density at radius 2 is 1.96 bits per heavy atom. The summed E-state index contributed by atoms with van der Waals surface area (Å²) in [6.07, 6.45) is 3.90. The highest BCUT2D eigenvalue weighted by atomic mass is 127. The summed E-state index contributed by atoms with van der Waals surface area (Å²) in [4.78, 5) is 18.5. The van der Waals surface area contributed by atoms with E-state index >= 15 is 0 Å². The molecule has 2 N–H and O–H groups in total. The van der Waals surface area contributed by atoms with Gasteiger partial charge in [-0.2, -0.15) is 0 Å². The van der Waals surface area contributed by atoms with E-state index in [1.54, 1.807) is 38.2 Å². The van der Waals surface area contributed by atoms with Crippen LogP contribution in [0.5, 0.6) is 0 Å². The smallest absolute Gasteiger partial charge is 0.230 e. The highest BCUT2D eigenvalue weighted by Crippen LogP contribution is 2.38. The standard InChI is InChI=1S/C18H26BrFN4O.HI/c1-21-17(22-11-13-10-14(19)6-7-15(13)20)23-12-18(8-4-5-9-18)16(25)24(2)3;/h6-7,10H,4-5,8-9,11-12H2,1-3H3,(H2,21,22,23);1H. The third-order valence-corrected chi connectivity index (χ3v) is 5.19. The minimum Gasteiger partial charge on any atom is -0.355 e. The minimum absolute atomic E-state index is 0. The molecule has 0 bridgehead atoms. The maximum atomic E-state index is 13.8. The topological polar surface area (TPSA) is 56.7 Å². The zero-order valence-corrected chi connectivity index (χ0v) is 19.4. The first-order chi connectivity index (χ1) is 11.9. The van der Waals surface area contributed by atoms with Gasteiger partial charge in [0.05, 0.1) is 5.41 Å². The molecule has 26 heavy (non-hydrogen) atoms. The van der Waals surface area contributed by atoms with Crippen LogP contribution in [0.1, 0.15) is 31.2 Å². The lowest BCUT2D eigenvalue weighted by Crippen LogP contribution is -2.49. The molecule has 0 radical (unpaired) electrons. The number of halogens is 3. The number of aliphatic imine (C=N–C) groups is 1. The van der Waals surface area contributed by atoms with Crippen LogP contribution in [0.25, 0.3) is 0 Å². The average molecular weight is 541 g/mol. The van der Waals surface area contributed by atoms with E-state index in [2.05, 4.69) is 31.6 Å². The molecule has 0 spiro atoms. The summed E-state index contributed by atoms with van der Waals surface area (Å²) in [6, 6.07) is 4.84. The zero-order valence-electron chi connectivity index (χ0n) is 15.4. The van der Waals surface area contributed by atoms with Gasteiger partial charge in [-0.05, 0) is 31.0 Å². The van der Waals surface area contributed by atoms with Crippen molar-refractivity contribution in [3.63, 3.8) is 0 Å². The maximum absolute atomic E-state index is 13.8. The number of amides is 1. The lowest BCUT2D eigenvalue weighted by molar-refractivity contribution is -0.138. The van der Waals surface area contributed by atoms with Crippen LogP contribution in [-0.4, -0.2) is 44.5 Å². The molecule has 146 valence electrons. The average Bonchev–Trinajstić information content (AvgIpc) is 3.07. The van der Waals surface area contributed by atoms with Crippen LogP contribution in [0.4, 0.5) is 4.39 Å². The lowest BCUT2D eigenvalue weighted by atomic mass is 9.84. The summed E-state index contributed by atoms with van der Waals surface area (Å²) in [6.45, 7) is 0.851. The fourth-order valence-corrected chi connectivity index (χ4v) is 3.73. The van der Waals surface area contributed by atoms with Crippen LogP contribution in [0, 0.1) is 11.2 Å². The second kappa shape index (κ2) is 10.4. The quantitative estimate of drug-likeness (QED) is 0.341. The van der Waals surface area contributed by atoms with Crippen molar-refractivity contribution in [3.8, 4) is 0 Å². The lowest BCUT2D eigenvalue weighted by Gasteiger charge is -2.31. The van der Waals surface area contributed by atoms with E-state index in [9.17, 15) is 9.18 Å². The predicted octanol–water partition coefficient (Wildman–Crippen LogP) is 3.52. The Morgan fingerprint density at radius 1 is 1.31 bits per heavy atom. The number of carbonyl (C=O) groups is 1. The van der Waals surface area contributed by atoms with Crippen molar-refractivity contribution in [2.24, 2.45) is 10.4 Å². The second-order valence-electron chi connectivity index (χ2n) is 6.70. The van der Waals surface area contributed by atoms with Crippen LogP contribution in [0.2, 0.25) is 0 Å². The molecule has 0 saturated heterocycles. The molecule has 5 nitrogen and oxygen atoms in total. The molecule has 8 heteroatoms. The molecule has 1 saturated carbocycles. The van der Waals surface area contributed by atoms with Gasteiger partial charge in [0.2, 0.25) is 5.91 Å². The number of guanidine groups is 1. The molecular weight excluding hydrogens is 514 g/mol. The molecule has 2 rings (SSSR count). The van der Waals surface area contributed by atoms with Crippen molar-refractivity contribution >= 4 is 51.8 Å². The van der Waals surface area contributed by atoms with Crippen molar-refractivity contribution in [2.75, 3.05) is 27.7 Å². The van der Waals surface area contributed by atoms with E-state index in [1.165, 1.54) is 6.07 Å². The van der Waals surface area contributed by atoms with Gasteiger partial charge in [-0.25, -0.2) is 4.39 Å². The van der Waals surface area contributed by atoms with Crippen molar-refractivity contribution in [2.45, 2.75) is 32.2 Å². The third kappa shape index (κ3) is 5.80. The molecule has 0 heterocycles. The molecule has 1 amide bonds. The van der Waals surface area contributed by atoms with Crippen molar-refractivity contribution < 1.29 is 9.18 Å². The highest BCUT2D eigenvalue weighted by Gasteiger charge is 2.42. The molecular formula is C18H27BrFIN4O. The number of nitrogens with one attached hydrogen (secondary N) is 2. The van der Waals surface area contributed by atoms with Gasteiger partial charge in [0.1, 0.15) is 5.82 Å². The highest BCUT2D eigenvalue weighted by molar-refractivity contribution is 14.0. The van der Waals surface area contributed by atoms with E-state index in [-0.39, 0.29) is 41.1 Å². The maximum Gasteiger partial charge on any atom is 0.230 e. The largest absolute Gasteiger partial charge is 0.355 e. The van der Waals surface area contributed by atoms with Crippen molar-refractivity contribution in [1.29, 1.82) is 0 Å². The van der Waals surface area contributed by atoms with E-state index in [4.69, 9.17) is 0 Å². The van der Waals surface area contributed by atoms with E-state index in [0.29, 0.717) is 24.6 Å². The van der Waals surface area contributed by atoms with E-state index in [0.717, 1.165) is 30.2 Å². The Kier molecular flexibility index (Phi) is 9.29. The number of nitrogens with zero attached hydrogens (tertiary/aromatic N) is 2. The summed E-state index contributed by atoms with van der Waals surface area (Å²) >= 11 is 3.35. The molecule has 0 atom stereocenters. The number of rotatable bonds is 5. The van der Waals surface area contributed by atoms with Gasteiger partial charge in [-0.15, -0.1) is 24.0 Å². The first-order valence-electron chi connectivity index (χ1n) is 8.48. The molecule has 1 aromatic rings. The third-order valence-electron chi connectivity index (χ3n) is 4.69. The van der Waals surface area contributed by atoms with Crippen LogP contribution in [0.3, 0.4) is 0 Å². The van der Waals surface area contributed by atoms with Gasteiger partial charge in [0.15, 0.2) is 5.96 Å². The Balaban J connectivity index is 0.00000338. The van der Waals surface area contributed by atoms with Gasteiger partial charge in [0.25, 0.3) is 0 Å². The fourth-order valence-electron chi connectivity index (χ4n) is 3.32. The molecule has 1 aliphatic rings. The first-order valence-corrected chi connectivity index (χ1v) is 9.27. The van der Waals surface area contributed by atoms with Gasteiger partial charge in [0, 0.05) is 44.3 Å². The number of hydrogen-bond donors (Lipinski definition) is 2. The summed E-state index contributed by atoms with van der Waals surface area (Å²) in [5.74, 6) is 0.462.